The molecule has 0 spiro atoms. The Balaban J connectivity index is 2.83. The van der Waals surface area contributed by atoms with E-state index in [1.54, 1.807) is 0 Å². The Morgan fingerprint density at radius 1 is 1.33 bits per heavy atom. The van der Waals surface area contributed by atoms with Crippen LogP contribution >= 0.6 is 15.9 Å². The van der Waals surface area contributed by atoms with E-state index in [0.29, 0.717) is 17.3 Å². The summed E-state index contributed by atoms with van der Waals surface area (Å²) in [7, 11) is 0. The van der Waals surface area contributed by atoms with Gasteiger partial charge in [-0.3, -0.25) is 0 Å². The number of halogens is 3. The molecule has 0 radical (unpaired) electrons. The van der Waals surface area contributed by atoms with Crippen molar-refractivity contribution in [1.82, 2.24) is 0 Å². The zero-order valence-electron chi connectivity index (χ0n) is 4.63. The second kappa shape index (κ2) is 2.60. The molecule has 0 fully saturated rings. The lowest BCUT2D eigenvalue weighted by atomic mass is 10.2. The molecule has 1 aliphatic rings. The minimum atomic E-state index is -0.487. The molecule has 0 unspecified atom stereocenters. The van der Waals surface area contributed by atoms with Gasteiger partial charge in [-0.25, -0.2) is 8.78 Å². The first kappa shape index (κ1) is 6.93. The Morgan fingerprint density at radius 3 is 2.44 bits per heavy atom. The maximum absolute atomic E-state index is 12.3. The fraction of sp³-hybridized carbons (Fsp3) is 0.333. The van der Waals surface area contributed by atoms with Crippen LogP contribution in [-0.4, -0.2) is 0 Å². The van der Waals surface area contributed by atoms with Crippen molar-refractivity contribution in [3.05, 3.63) is 22.2 Å². The quantitative estimate of drug-likeness (QED) is 0.556. The number of hydrogen-bond acceptors (Lipinski definition) is 0. The van der Waals surface area contributed by atoms with Gasteiger partial charge in [-0.1, -0.05) is 15.9 Å². The maximum Gasteiger partial charge on any atom is 0.135 e. The molecule has 0 saturated heterocycles. The van der Waals surface area contributed by atoms with Gasteiger partial charge >= 0.3 is 0 Å². The molecular weight excluding hydrogens is 190 g/mol. The van der Waals surface area contributed by atoms with Gasteiger partial charge < -0.3 is 0 Å². The van der Waals surface area contributed by atoms with Crippen LogP contribution in [0.1, 0.15) is 12.8 Å². The summed E-state index contributed by atoms with van der Waals surface area (Å²) >= 11 is 2.97. The van der Waals surface area contributed by atoms with Crippen molar-refractivity contribution in [2.45, 2.75) is 12.8 Å². The molecule has 0 nitrogen and oxygen atoms in total. The van der Waals surface area contributed by atoms with E-state index < -0.39 is 5.83 Å². The molecule has 0 heterocycles. The molecule has 0 aromatic rings. The molecule has 0 bridgehead atoms. The second-order valence-electron chi connectivity index (χ2n) is 1.84. The van der Waals surface area contributed by atoms with Gasteiger partial charge in [0.05, 0.1) is 0 Å². The fourth-order valence-electron chi connectivity index (χ4n) is 0.637. The predicted molar refractivity (Wildman–Crippen MR) is 35.5 cm³/mol. The Hall–Kier alpha value is -0.180. The molecule has 0 aromatic heterocycles. The third-order valence-electron chi connectivity index (χ3n) is 1.13. The van der Waals surface area contributed by atoms with Gasteiger partial charge in [0, 0.05) is 17.0 Å². The summed E-state index contributed by atoms with van der Waals surface area (Å²) in [5.41, 5.74) is 0. The molecule has 0 aliphatic heterocycles. The summed E-state index contributed by atoms with van der Waals surface area (Å²) in [5.74, 6) is -0.866. The molecule has 0 amide bonds. The molecule has 3 heteroatoms. The molecule has 1 rings (SSSR count). The highest BCUT2D eigenvalue weighted by atomic mass is 79.9. The predicted octanol–water partition coefficient (Wildman–Crippen LogP) is 3.21. The summed E-state index contributed by atoms with van der Waals surface area (Å²) in [6.45, 7) is 0. The minimum absolute atomic E-state index is 0.313. The third-order valence-corrected chi connectivity index (χ3v) is 1.90. The van der Waals surface area contributed by atoms with Crippen molar-refractivity contribution in [3.8, 4) is 0 Å². The van der Waals surface area contributed by atoms with E-state index in [4.69, 9.17) is 0 Å². The van der Waals surface area contributed by atoms with Crippen LogP contribution in [0, 0.1) is 0 Å². The van der Waals surface area contributed by atoms with E-state index in [2.05, 4.69) is 15.9 Å². The Labute approximate surface area is 60.4 Å². The van der Waals surface area contributed by atoms with Gasteiger partial charge in [0.1, 0.15) is 11.7 Å². The van der Waals surface area contributed by atoms with E-state index in [-0.39, 0.29) is 5.83 Å². The van der Waals surface area contributed by atoms with Crippen LogP contribution in [0.3, 0.4) is 0 Å². The largest absolute Gasteiger partial charge is 0.212 e. The topological polar surface area (TPSA) is 0 Å². The van der Waals surface area contributed by atoms with E-state index in [0.717, 1.165) is 6.08 Å². The van der Waals surface area contributed by atoms with E-state index >= 15 is 0 Å². The first-order chi connectivity index (χ1) is 4.20. The first-order valence-electron chi connectivity index (χ1n) is 2.60. The van der Waals surface area contributed by atoms with Crippen molar-refractivity contribution in [2.75, 3.05) is 0 Å². The van der Waals surface area contributed by atoms with E-state index in [9.17, 15) is 8.78 Å². The highest BCUT2D eigenvalue weighted by molar-refractivity contribution is 9.11. The van der Waals surface area contributed by atoms with Gasteiger partial charge in [-0.15, -0.1) is 0 Å². The first-order valence-corrected chi connectivity index (χ1v) is 3.39. The zero-order valence-corrected chi connectivity index (χ0v) is 6.21. The molecule has 0 saturated carbocycles. The van der Waals surface area contributed by atoms with Gasteiger partial charge in [-0.2, -0.15) is 0 Å². The average Bonchev–Trinajstić information content (AvgIpc) is 1.80. The molecule has 0 atom stereocenters. The lowest BCUT2D eigenvalue weighted by Crippen LogP contribution is -1.87. The van der Waals surface area contributed by atoms with Crippen molar-refractivity contribution < 1.29 is 8.78 Å². The van der Waals surface area contributed by atoms with Crippen molar-refractivity contribution in [3.63, 3.8) is 0 Å². The van der Waals surface area contributed by atoms with Crippen LogP contribution in [0.25, 0.3) is 0 Å². The molecule has 1 aliphatic carbocycles. The van der Waals surface area contributed by atoms with Gasteiger partial charge in [0.2, 0.25) is 0 Å². The van der Waals surface area contributed by atoms with E-state index in [1.807, 2.05) is 0 Å². The highest BCUT2D eigenvalue weighted by Crippen LogP contribution is 2.28. The second-order valence-corrected chi connectivity index (χ2v) is 2.80. The molecular formula is C6H5BrF2. The minimum Gasteiger partial charge on any atom is -0.212 e. The molecule has 50 valence electrons. The molecule has 0 aromatic carbocycles. The average molecular weight is 195 g/mol. The van der Waals surface area contributed by atoms with Crippen LogP contribution in [0.5, 0.6) is 0 Å². The SMILES string of the molecule is FC1=CC(F)=C(Br)CC1. The lowest BCUT2D eigenvalue weighted by molar-refractivity contribution is 0.557. The monoisotopic (exact) mass is 194 g/mol. The van der Waals surface area contributed by atoms with Crippen LogP contribution in [0.15, 0.2) is 22.2 Å². The van der Waals surface area contributed by atoms with Crippen LogP contribution in [-0.2, 0) is 0 Å². The summed E-state index contributed by atoms with van der Waals surface area (Å²) in [4.78, 5) is 0. The normalized spacial score (nSPS) is 20.1. The number of rotatable bonds is 0. The van der Waals surface area contributed by atoms with E-state index in [1.165, 1.54) is 0 Å². The van der Waals surface area contributed by atoms with Crippen molar-refractivity contribution in [2.24, 2.45) is 0 Å². The van der Waals surface area contributed by atoms with Crippen molar-refractivity contribution >= 4 is 15.9 Å². The standard InChI is InChI=1S/C6H5BrF2/c7-5-2-1-4(8)3-6(5)9/h3H,1-2H2. The Kier molecular flexibility index (Phi) is 2.01. The highest BCUT2D eigenvalue weighted by Gasteiger charge is 2.09. The number of hydrogen-bond donors (Lipinski definition) is 0. The number of allylic oxidation sites excluding steroid dienone is 4. The van der Waals surface area contributed by atoms with Crippen LogP contribution in [0.4, 0.5) is 8.78 Å². The summed E-state index contributed by atoms with van der Waals surface area (Å²) in [5, 5.41) is 0. The van der Waals surface area contributed by atoms with Gasteiger partial charge in [0.25, 0.3) is 0 Å². The Morgan fingerprint density at radius 2 is 2.00 bits per heavy atom. The summed E-state index contributed by atoms with van der Waals surface area (Å²) < 4.78 is 25.0. The fourth-order valence-corrected chi connectivity index (χ4v) is 0.949. The summed E-state index contributed by atoms with van der Waals surface area (Å²) in [6, 6.07) is 0. The smallest absolute Gasteiger partial charge is 0.135 e. The van der Waals surface area contributed by atoms with Crippen LogP contribution in [0.2, 0.25) is 0 Å². The third kappa shape index (κ3) is 1.61. The maximum atomic E-state index is 12.3. The summed E-state index contributed by atoms with van der Waals surface area (Å²) in [6.07, 6.45) is 1.66. The molecule has 0 N–H and O–H groups in total. The van der Waals surface area contributed by atoms with Crippen LogP contribution < -0.4 is 0 Å². The van der Waals surface area contributed by atoms with Gasteiger partial charge in [0.15, 0.2) is 0 Å². The van der Waals surface area contributed by atoms with Crippen molar-refractivity contribution in [1.29, 1.82) is 0 Å². The lowest BCUT2D eigenvalue weighted by Gasteiger charge is -2.04. The zero-order chi connectivity index (χ0) is 6.85. The Bertz CT molecular complexity index is 181. The molecule has 9 heavy (non-hydrogen) atoms. The van der Waals surface area contributed by atoms with Gasteiger partial charge in [-0.05, 0) is 6.42 Å².